The Morgan fingerprint density at radius 3 is 2.44 bits per heavy atom. The van der Waals surface area contributed by atoms with Crippen LogP contribution in [0.15, 0.2) is 36.5 Å². The second kappa shape index (κ2) is 4.45. The number of aliphatic hydroxyl groups excluding tert-OH is 1. The van der Waals surface area contributed by atoms with E-state index in [9.17, 15) is 0 Å². The Hall–Kier alpha value is -1.67. The molecule has 0 aliphatic rings. The maximum Gasteiger partial charge on any atom is 0.0681 e. The Labute approximate surface area is 95.6 Å². The largest absolute Gasteiger partial charge is 0.392 e. The van der Waals surface area contributed by atoms with Gasteiger partial charge in [-0.05, 0) is 36.6 Å². The first kappa shape index (κ1) is 10.8. The van der Waals surface area contributed by atoms with Crippen molar-refractivity contribution in [2.45, 2.75) is 20.5 Å². The Morgan fingerprint density at radius 1 is 1.12 bits per heavy atom. The number of nitrogens with zero attached hydrogens (tertiary/aromatic N) is 1. The van der Waals surface area contributed by atoms with E-state index in [-0.39, 0.29) is 6.61 Å². The summed E-state index contributed by atoms with van der Waals surface area (Å²) in [6.45, 7) is 4.14. The topological polar surface area (TPSA) is 33.1 Å². The van der Waals surface area contributed by atoms with E-state index in [0.29, 0.717) is 0 Å². The minimum absolute atomic E-state index is 0.0886. The Balaban J connectivity index is 2.45. The van der Waals surface area contributed by atoms with E-state index >= 15 is 0 Å². The van der Waals surface area contributed by atoms with Gasteiger partial charge in [-0.2, -0.15) is 0 Å². The molecular formula is C14H15NO. The Bertz CT molecular complexity index is 489. The molecule has 2 heteroatoms. The van der Waals surface area contributed by atoms with Crippen molar-refractivity contribution in [3.8, 4) is 11.1 Å². The zero-order valence-electron chi connectivity index (χ0n) is 9.57. The van der Waals surface area contributed by atoms with Gasteiger partial charge in [0.1, 0.15) is 0 Å². The molecule has 0 spiro atoms. The van der Waals surface area contributed by atoms with E-state index in [4.69, 9.17) is 5.11 Å². The van der Waals surface area contributed by atoms with Gasteiger partial charge in [-0.1, -0.05) is 24.3 Å². The molecule has 1 aromatic carbocycles. The van der Waals surface area contributed by atoms with Crippen LogP contribution in [-0.2, 0) is 6.61 Å². The lowest BCUT2D eigenvalue weighted by atomic mass is 10.0. The highest BCUT2D eigenvalue weighted by Crippen LogP contribution is 2.23. The summed E-state index contributed by atoms with van der Waals surface area (Å²) in [5.74, 6) is 0. The number of benzene rings is 1. The first-order valence-electron chi connectivity index (χ1n) is 5.34. The number of hydrogen-bond acceptors (Lipinski definition) is 2. The number of aliphatic hydroxyl groups is 1. The molecule has 1 aromatic heterocycles. The molecule has 82 valence electrons. The van der Waals surface area contributed by atoms with Gasteiger partial charge >= 0.3 is 0 Å². The van der Waals surface area contributed by atoms with Crippen LogP contribution in [0, 0.1) is 13.8 Å². The smallest absolute Gasteiger partial charge is 0.0681 e. The molecule has 0 saturated carbocycles. The second-order valence-electron chi connectivity index (χ2n) is 4.00. The van der Waals surface area contributed by atoms with Crippen LogP contribution in [0.1, 0.15) is 16.8 Å². The summed E-state index contributed by atoms with van der Waals surface area (Å²) < 4.78 is 0. The Kier molecular flexibility index (Phi) is 3.02. The molecule has 2 aromatic rings. The lowest BCUT2D eigenvalue weighted by Crippen LogP contribution is -1.90. The number of hydrogen-bond donors (Lipinski definition) is 1. The molecule has 0 bridgehead atoms. The first-order chi connectivity index (χ1) is 7.70. The van der Waals surface area contributed by atoms with Gasteiger partial charge in [0, 0.05) is 17.5 Å². The van der Waals surface area contributed by atoms with Gasteiger partial charge in [-0.25, -0.2) is 0 Å². The van der Waals surface area contributed by atoms with Crippen LogP contribution >= 0.6 is 0 Å². The fourth-order valence-electron chi connectivity index (χ4n) is 1.72. The zero-order valence-corrected chi connectivity index (χ0v) is 9.57. The summed E-state index contributed by atoms with van der Waals surface area (Å²) in [7, 11) is 0. The molecule has 16 heavy (non-hydrogen) atoms. The van der Waals surface area contributed by atoms with Gasteiger partial charge in [0.05, 0.1) is 6.61 Å². The van der Waals surface area contributed by atoms with Crippen LogP contribution < -0.4 is 0 Å². The number of aryl methyl sites for hydroxylation is 2. The summed E-state index contributed by atoms with van der Waals surface area (Å²) in [5, 5.41) is 8.99. The average molecular weight is 213 g/mol. The summed E-state index contributed by atoms with van der Waals surface area (Å²) in [5.41, 5.74) is 5.42. The molecule has 0 unspecified atom stereocenters. The van der Waals surface area contributed by atoms with Crippen molar-refractivity contribution in [3.63, 3.8) is 0 Å². The molecule has 2 nitrogen and oxygen atoms in total. The second-order valence-corrected chi connectivity index (χ2v) is 4.00. The SMILES string of the molecule is Cc1cnc(C)c(-c2ccc(CO)cc2)c1. The molecule has 0 atom stereocenters. The summed E-state index contributed by atoms with van der Waals surface area (Å²) in [6.07, 6.45) is 1.88. The van der Waals surface area contributed by atoms with Gasteiger partial charge < -0.3 is 5.11 Å². The zero-order chi connectivity index (χ0) is 11.5. The highest BCUT2D eigenvalue weighted by molar-refractivity contribution is 5.66. The average Bonchev–Trinajstić information content (AvgIpc) is 2.32. The molecule has 1 heterocycles. The van der Waals surface area contributed by atoms with Crippen molar-refractivity contribution in [2.75, 3.05) is 0 Å². The first-order valence-corrected chi connectivity index (χ1v) is 5.34. The summed E-state index contributed by atoms with van der Waals surface area (Å²) in [6, 6.07) is 10.1. The highest BCUT2D eigenvalue weighted by atomic mass is 16.3. The van der Waals surface area contributed by atoms with E-state index in [0.717, 1.165) is 27.9 Å². The predicted molar refractivity (Wildman–Crippen MR) is 65.1 cm³/mol. The monoisotopic (exact) mass is 213 g/mol. The maximum absolute atomic E-state index is 8.99. The number of pyridine rings is 1. The van der Waals surface area contributed by atoms with Crippen molar-refractivity contribution in [1.82, 2.24) is 4.98 Å². The third kappa shape index (κ3) is 2.12. The van der Waals surface area contributed by atoms with Crippen molar-refractivity contribution in [2.24, 2.45) is 0 Å². The van der Waals surface area contributed by atoms with Crippen molar-refractivity contribution >= 4 is 0 Å². The fraction of sp³-hybridized carbons (Fsp3) is 0.214. The molecule has 0 aliphatic heterocycles. The van der Waals surface area contributed by atoms with Crippen LogP contribution in [0.5, 0.6) is 0 Å². The molecule has 2 rings (SSSR count). The van der Waals surface area contributed by atoms with Crippen molar-refractivity contribution < 1.29 is 5.11 Å². The van der Waals surface area contributed by atoms with E-state index in [1.807, 2.05) is 44.3 Å². The van der Waals surface area contributed by atoms with Crippen LogP contribution in [-0.4, -0.2) is 10.1 Å². The van der Waals surface area contributed by atoms with Gasteiger partial charge in [-0.15, -0.1) is 0 Å². The van der Waals surface area contributed by atoms with E-state index in [1.54, 1.807) is 0 Å². The van der Waals surface area contributed by atoms with Crippen LogP contribution in [0.2, 0.25) is 0 Å². The number of aromatic nitrogens is 1. The van der Waals surface area contributed by atoms with Crippen LogP contribution in [0.4, 0.5) is 0 Å². The fourth-order valence-corrected chi connectivity index (χ4v) is 1.72. The lowest BCUT2D eigenvalue weighted by molar-refractivity contribution is 0.282. The minimum Gasteiger partial charge on any atom is -0.392 e. The normalized spacial score (nSPS) is 10.4. The van der Waals surface area contributed by atoms with Crippen molar-refractivity contribution in [1.29, 1.82) is 0 Å². The van der Waals surface area contributed by atoms with E-state index in [1.165, 1.54) is 0 Å². The molecule has 0 aliphatic carbocycles. The highest BCUT2D eigenvalue weighted by Gasteiger charge is 2.03. The van der Waals surface area contributed by atoms with Crippen LogP contribution in [0.3, 0.4) is 0 Å². The van der Waals surface area contributed by atoms with Gasteiger partial charge in [-0.3, -0.25) is 4.98 Å². The van der Waals surface area contributed by atoms with Gasteiger partial charge in [0.25, 0.3) is 0 Å². The molecule has 0 saturated heterocycles. The summed E-state index contributed by atoms with van der Waals surface area (Å²) in [4.78, 5) is 4.35. The predicted octanol–water partition coefficient (Wildman–Crippen LogP) is 2.86. The van der Waals surface area contributed by atoms with Crippen LogP contribution in [0.25, 0.3) is 11.1 Å². The number of rotatable bonds is 2. The Morgan fingerprint density at radius 2 is 1.81 bits per heavy atom. The third-order valence-electron chi connectivity index (χ3n) is 2.67. The maximum atomic E-state index is 8.99. The standard InChI is InChI=1S/C14H15NO/c1-10-7-14(11(2)15-8-10)13-5-3-12(9-16)4-6-13/h3-8,16H,9H2,1-2H3. The quantitative estimate of drug-likeness (QED) is 0.832. The third-order valence-corrected chi connectivity index (χ3v) is 2.67. The molecular weight excluding hydrogens is 198 g/mol. The minimum atomic E-state index is 0.0886. The lowest BCUT2D eigenvalue weighted by Gasteiger charge is -2.07. The van der Waals surface area contributed by atoms with Crippen molar-refractivity contribution in [3.05, 3.63) is 53.3 Å². The van der Waals surface area contributed by atoms with E-state index < -0.39 is 0 Å². The molecule has 0 amide bonds. The summed E-state index contributed by atoms with van der Waals surface area (Å²) >= 11 is 0. The molecule has 1 N–H and O–H groups in total. The molecule has 0 fully saturated rings. The molecule has 0 radical (unpaired) electrons. The van der Waals surface area contributed by atoms with Gasteiger partial charge in [0.15, 0.2) is 0 Å². The van der Waals surface area contributed by atoms with Gasteiger partial charge in [0.2, 0.25) is 0 Å². The van der Waals surface area contributed by atoms with E-state index in [2.05, 4.69) is 11.1 Å².